The van der Waals surface area contributed by atoms with Gasteiger partial charge in [-0.25, -0.2) is 4.98 Å². The zero-order valence-corrected chi connectivity index (χ0v) is 15.3. The highest BCUT2D eigenvalue weighted by atomic mass is 19.1. The molecule has 0 aliphatic carbocycles. The van der Waals surface area contributed by atoms with Gasteiger partial charge in [-0.3, -0.25) is 4.90 Å². The number of hydrogen-bond donors (Lipinski definition) is 1. The second-order valence-electron chi connectivity index (χ2n) is 6.30. The first-order chi connectivity index (χ1) is 12.7. The van der Waals surface area contributed by atoms with E-state index in [2.05, 4.69) is 15.2 Å². The van der Waals surface area contributed by atoms with E-state index in [1.807, 2.05) is 13.8 Å². The van der Waals surface area contributed by atoms with Crippen LogP contribution in [-0.2, 0) is 6.54 Å². The molecule has 0 saturated carbocycles. The summed E-state index contributed by atoms with van der Waals surface area (Å²) in [5.74, 6) is 0.0918. The number of nitrogens with one attached hydrogen (secondary N) is 1. The van der Waals surface area contributed by atoms with E-state index in [0.717, 1.165) is 38.0 Å². The molecule has 2 heterocycles. The smallest absolute Gasteiger partial charge is 0.294 e. The normalized spacial score (nSPS) is 15.8. The Balaban J connectivity index is 1.60. The number of rotatable bonds is 8. The van der Waals surface area contributed by atoms with Crippen molar-refractivity contribution >= 4 is 6.01 Å². The molecule has 1 N–H and O–H groups in total. The lowest BCUT2D eigenvalue weighted by Gasteiger charge is -2.32. The second kappa shape index (κ2) is 8.89. The van der Waals surface area contributed by atoms with Gasteiger partial charge in [-0.2, -0.15) is 4.39 Å². The van der Waals surface area contributed by atoms with Gasteiger partial charge in [0.2, 0.25) is 5.82 Å². The molecule has 0 spiro atoms. The summed E-state index contributed by atoms with van der Waals surface area (Å²) in [6.07, 6.45) is 5.20. The third kappa shape index (κ3) is 4.66. The summed E-state index contributed by atoms with van der Waals surface area (Å²) in [5, 5.41) is 3.31. The molecule has 3 rings (SSSR count). The molecule has 1 fully saturated rings. The fourth-order valence-corrected chi connectivity index (χ4v) is 3.20. The lowest BCUT2D eigenvalue weighted by atomic mass is 10.0. The third-order valence-corrected chi connectivity index (χ3v) is 4.42. The monoisotopic (exact) mass is 363 g/mol. The summed E-state index contributed by atoms with van der Waals surface area (Å²) in [4.78, 5) is 6.46. The summed E-state index contributed by atoms with van der Waals surface area (Å²) in [6, 6.07) is 4.48. The van der Waals surface area contributed by atoms with Gasteiger partial charge in [0.05, 0.1) is 19.4 Å². The Morgan fingerprint density at radius 1 is 1.19 bits per heavy atom. The largest absolute Gasteiger partial charge is 0.491 e. The molecule has 2 aromatic rings. The van der Waals surface area contributed by atoms with Crippen LogP contribution < -0.4 is 14.8 Å². The van der Waals surface area contributed by atoms with Crippen LogP contribution in [0, 0.1) is 5.82 Å². The highest BCUT2D eigenvalue weighted by Gasteiger charge is 2.21. The predicted octanol–water partition coefficient (Wildman–Crippen LogP) is 3.69. The van der Waals surface area contributed by atoms with Gasteiger partial charge in [0, 0.05) is 25.7 Å². The van der Waals surface area contributed by atoms with Crippen molar-refractivity contribution in [3.05, 3.63) is 36.0 Å². The number of benzene rings is 1. The molecular formula is C19H26FN3O3. The van der Waals surface area contributed by atoms with Crippen molar-refractivity contribution in [1.29, 1.82) is 0 Å². The molecular weight excluding hydrogens is 337 g/mol. The van der Waals surface area contributed by atoms with E-state index >= 15 is 0 Å². The Hall–Kier alpha value is -2.28. The Labute approximate surface area is 153 Å². The van der Waals surface area contributed by atoms with Crippen molar-refractivity contribution in [3.63, 3.8) is 0 Å². The molecule has 0 amide bonds. The fourth-order valence-electron chi connectivity index (χ4n) is 3.20. The first kappa shape index (κ1) is 18.5. The number of oxazole rings is 1. The number of piperidine rings is 1. The fraction of sp³-hybridized carbons (Fsp3) is 0.526. The van der Waals surface area contributed by atoms with Crippen molar-refractivity contribution in [1.82, 2.24) is 9.88 Å². The molecule has 0 unspecified atom stereocenters. The van der Waals surface area contributed by atoms with Crippen LogP contribution in [0.25, 0.3) is 0 Å². The number of halogens is 1. The second-order valence-corrected chi connectivity index (χ2v) is 6.30. The maximum atomic E-state index is 14.4. The number of anilines is 1. The summed E-state index contributed by atoms with van der Waals surface area (Å²) in [6.45, 7) is 7.17. The summed E-state index contributed by atoms with van der Waals surface area (Å²) < 4.78 is 30.4. The SMILES string of the molecule is CCOc1cc(CN2CCC(Nc3ncco3)CC2)cc(OCC)c1F. The highest BCUT2D eigenvalue weighted by Crippen LogP contribution is 2.30. The number of likely N-dealkylation sites (tertiary alicyclic amines) is 1. The van der Waals surface area contributed by atoms with Crippen molar-refractivity contribution in [3.8, 4) is 11.5 Å². The number of hydrogen-bond acceptors (Lipinski definition) is 6. The van der Waals surface area contributed by atoms with Crippen LogP contribution >= 0.6 is 0 Å². The molecule has 0 bridgehead atoms. The van der Waals surface area contributed by atoms with Crippen LogP contribution in [-0.4, -0.2) is 42.2 Å². The summed E-state index contributed by atoms with van der Waals surface area (Å²) in [5.41, 5.74) is 0.998. The Bertz CT molecular complexity index is 658. The predicted molar refractivity (Wildman–Crippen MR) is 97.2 cm³/mol. The minimum absolute atomic E-state index is 0.258. The zero-order chi connectivity index (χ0) is 18.4. The minimum atomic E-state index is -0.425. The lowest BCUT2D eigenvalue weighted by Crippen LogP contribution is -2.38. The molecule has 1 saturated heterocycles. The number of aromatic nitrogens is 1. The van der Waals surface area contributed by atoms with E-state index in [0.29, 0.717) is 25.3 Å². The molecule has 1 aromatic carbocycles. The Kier molecular flexibility index (Phi) is 6.33. The van der Waals surface area contributed by atoms with E-state index < -0.39 is 5.82 Å². The maximum Gasteiger partial charge on any atom is 0.294 e. The molecule has 1 aliphatic heterocycles. The maximum absolute atomic E-state index is 14.4. The highest BCUT2D eigenvalue weighted by molar-refractivity contribution is 5.40. The van der Waals surface area contributed by atoms with Crippen LogP contribution in [0.4, 0.5) is 10.4 Å². The molecule has 7 heteroatoms. The molecule has 0 atom stereocenters. The van der Waals surface area contributed by atoms with Crippen LogP contribution in [0.3, 0.4) is 0 Å². The average molecular weight is 363 g/mol. The lowest BCUT2D eigenvalue weighted by molar-refractivity contribution is 0.209. The van der Waals surface area contributed by atoms with Crippen molar-refractivity contribution < 1.29 is 18.3 Å². The number of ether oxygens (including phenoxy) is 2. The molecule has 1 aliphatic rings. The van der Waals surface area contributed by atoms with Crippen molar-refractivity contribution in [2.75, 3.05) is 31.6 Å². The zero-order valence-electron chi connectivity index (χ0n) is 15.3. The van der Waals surface area contributed by atoms with Gasteiger partial charge in [-0.05, 0) is 44.4 Å². The van der Waals surface area contributed by atoms with Gasteiger partial charge in [0.15, 0.2) is 11.5 Å². The molecule has 26 heavy (non-hydrogen) atoms. The van der Waals surface area contributed by atoms with Gasteiger partial charge in [-0.1, -0.05) is 0 Å². The van der Waals surface area contributed by atoms with Gasteiger partial charge < -0.3 is 19.2 Å². The Morgan fingerprint density at radius 3 is 2.38 bits per heavy atom. The van der Waals surface area contributed by atoms with E-state index in [4.69, 9.17) is 13.9 Å². The standard InChI is InChI=1S/C19H26FN3O3/c1-3-24-16-11-14(12-17(18(16)20)25-4-2)13-23-8-5-15(6-9-23)22-19-21-7-10-26-19/h7,10-12,15H,3-6,8-9,13H2,1-2H3,(H,21,22). The minimum Gasteiger partial charge on any atom is -0.491 e. The molecule has 1 aromatic heterocycles. The van der Waals surface area contributed by atoms with Gasteiger partial charge in [0.1, 0.15) is 6.26 Å². The first-order valence-corrected chi connectivity index (χ1v) is 9.16. The van der Waals surface area contributed by atoms with E-state index in [1.54, 1.807) is 24.6 Å². The van der Waals surface area contributed by atoms with Crippen LogP contribution in [0.5, 0.6) is 11.5 Å². The first-order valence-electron chi connectivity index (χ1n) is 9.16. The molecule has 142 valence electrons. The van der Waals surface area contributed by atoms with Crippen molar-refractivity contribution in [2.45, 2.75) is 39.3 Å². The van der Waals surface area contributed by atoms with Crippen LogP contribution in [0.1, 0.15) is 32.3 Å². The summed E-state index contributed by atoms with van der Waals surface area (Å²) in [7, 11) is 0. The summed E-state index contributed by atoms with van der Waals surface area (Å²) >= 11 is 0. The van der Waals surface area contributed by atoms with E-state index in [1.165, 1.54) is 0 Å². The average Bonchev–Trinajstić information content (AvgIpc) is 3.14. The number of nitrogens with zero attached hydrogens (tertiary/aromatic N) is 2. The molecule has 6 nitrogen and oxygen atoms in total. The van der Waals surface area contributed by atoms with E-state index in [-0.39, 0.29) is 11.5 Å². The third-order valence-electron chi connectivity index (χ3n) is 4.42. The topological polar surface area (TPSA) is 59.8 Å². The Morgan fingerprint density at radius 2 is 1.85 bits per heavy atom. The molecule has 0 radical (unpaired) electrons. The van der Waals surface area contributed by atoms with Gasteiger partial charge in [0.25, 0.3) is 6.01 Å². The van der Waals surface area contributed by atoms with Crippen LogP contribution in [0.2, 0.25) is 0 Å². The van der Waals surface area contributed by atoms with Gasteiger partial charge >= 0.3 is 0 Å². The van der Waals surface area contributed by atoms with Crippen LogP contribution in [0.15, 0.2) is 29.0 Å². The van der Waals surface area contributed by atoms with Gasteiger partial charge in [-0.15, -0.1) is 0 Å². The quantitative estimate of drug-likeness (QED) is 0.772. The van der Waals surface area contributed by atoms with Crippen molar-refractivity contribution in [2.24, 2.45) is 0 Å². The van der Waals surface area contributed by atoms with E-state index in [9.17, 15) is 4.39 Å².